The molecule has 0 aromatic carbocycles. The Hall–Kier alpha value is -3.73. The van der Waals surface area contributed by atoms with E-state index in [2.05, 4.69) is 160 Å². The molecule has 0 heterocycles. The average molecular weight is 699 g/mol. The third-order valence-corrected chi connectivity index (χ3v) is 7.18. The van der Waals surface area contributed by atoms with Crippen molar-refractivity contribution in [2.45, 2.75) is 123 Å². The number of hydrogen-bond donors (Lipinski definition) is 1. The molecule has 282 valence electrons. The van der Waals surface area contributed by atoms with Gasteiger partial charge in [-0.05, 0) is 96.3 Å². The number of carbonyl (C=O) groups excluding carboxylic acids is 1. The van der Waals surface area contributed by atoms with Gasteiger partial charge in [0.15, 0.2) is 0 Å². The molecule has 0 radical (unpaired) electrons. The monoisotopic (exact) mass is 699 g/mol. The molecule has 51 heavy (non-hydrogen) atoms. The van der Waals surface area contributed by atoms with E-state index in [0.717, 1.165) is 96.3 Å². The van der Waals surface area contributed by atoms with Gasteiger partial charge in [0.1, 0.15) is 6.10 Å². The van der Waals surface area contributed by atoms with E-state index in [1.807, 2.05) is 0 Å². The Morgan fingerprint density at radius 2 is 0.784 bits per heavy atom. The Morgan fingerprint density at radius 3 is 1.12 bits per heavy atom. The number of esters is 1. The van der Waals surface area contributed by atoms with Gasteiger partial charge in [-0.15, -0.1) is 0 Å². The average Bonchev–Trinajstić information content (AvgIpc) is 3.14. The number of ether oxygens (including phenoxy) is 2. The first-order valence-corrected chi connectivity index (χ1v) is 19.4. The summed E-state index contributed by atoms with van der Waals surface area (Å²) in [6.45, 7) is 4.80. The van der Waals surface area contributed by atoms with Crippen LogP contribution < -0.4 is 0 Å². The van der Waals surface area contributed by atoms with E-state index < -0.39 is 6.10 Å². The highest BCUT2D eigenvalue weighted by Gasteiger charge is 2.13. The number of allylic oxidation sites excluding steroid dienone is 23. The van der Waals surface area contributed by atoms with Gasteiger partial charge in [-0.25, -0.2) is 0 Å². The molecule has 4 nitrogen and oxygen atoms in total. The second-order valence-corrected chi connectivity index (χ2v) is 11.9. The largest absolute Gasteiger partial charge is 0.457 e. The molecule has 0 aliphatic rings. The van der Waals surface area contributed by atoms with Gasteiger partial charge < -0.3 is 14.6 Å². The van der Waals surface area contributed by atoms with Gasteiger partial charge in [-0.3, -0.25) is 4.79 Å². The molecular weight excluding hydrogens is 629 g/mol. The Bertz CT molecular complexity index is 1140. The fourth-order valence-electron chi connectivity index (χ4n) is 4.38. The van der Waals surface area contributed by atoms with Crippen LogP contribution in [0.5, 0.6) is 0 Å². The van der Waals surface area contributed by atoms with Gasteiger partial charge in [0.25, 0.3) is 0 Å². The van der Waals surface area contributed by atoms with Gasteiger partial charge >= 0.3 is 5.97 Å². The van der Waals surface area contributed by atoms with Gasteiger partial charge in [-0.1, -0.05) is 160 Å². The van der Waals surface area contributed by atoms with Crippen LogP contribution in [0.15, 0.2) is 146 Å². The minimum absolute atomic E-state index is 0.207. The van der Waals surface area contributed by atoms with Gasteiger partial charge in [0.2, 0.25) is 0 Å². The van der Waals surface area contributed by atoms with Gasteiger partial charge in [0, 0.05) is 6.42 Å². The maximum atomic E-state index is 12.2. The van der Waals surface area contributed by atoms with Crippen LogP contribution in [-0.2, 0) is 14.3 Å². The van der Waals surface area contributed by atoms with Crippen molar-refractivity contribution in [3.05, 3.63) is 146 Å². The summed E-state index contributed by atoms with van der Waals surface area (Å²) in [5.41, 5.74) is 0. The fourth-order valence-corrected chi connectivity index (χ4v) is 4.38. The van der Waals surface area contributed by atoms with Crippen molar-refractivity contribution in [2.75, 3.05) is 19.8 Å². The Labute approximate surface area is 312 Å². The third-order valence-electron chi connectivity index (χ3n) is 7.18. The van der Waals surface area contributed by atoms with Crippen LogP contribution in [0.3, 0.4) is 0 Å². The normalized spacial score (nSPS) is 14.0. The van der Waals surface area contributed by atoms with Crippen LogP contribution in [0.25, 0.3) is 0 Å². The number of carbonyl (C=O) groups is 1. The van der Waals surface area contributed by atoms with Crippen LogP contribution in [-0.4, -0.2) is 37.0 Å². The summed E-state index contributed by atoms with van der Waals surface area (Å²) in [5, 5.41) is 9.56. The molecule has 1 unspecified atom stereocenters. The lowest BCUT2D eigenvalue weighted by Gasteiger charge is -2.15. The SMILES string of the molecule is CC/C=C\C/C=C\C/C=C\C/C=C\C/C=C\C/C=C\C/C=C\CCCC(=O)OC(CO)COCC/C=C\C/C=C\C/C=C\C/C=C\C/C=C\CC. The predicted octanol–water partition coefficient (Wildman–Crippen LogP) is 12.9. The molecule has 0 saturated heterocycles. The number of aliphatic hydroxyl groups is 1. The summed E-state index contributed by atoms with van der Waals surface area (Å²) in [6, 6.07) is 0. The molecule has 0 aliphatic carbocycles. The van der Waals surface area contributed by atoms with Crippen molar-refractivity contribution in [1.82, 2.24) is 0 Å². The third kappa shape index (κ3) is 40.6. The number of aliphatic hydroxyl groups excluding tert-OH is 1. The van der Waals surface area contributed by atoms with E-state index >= 15 is 0 Å². The first-order chi connectivity index (χ1) is 25.2. The van der Waals surface area contributed by atoms with Crippen LogP contribution in [0, 0.1) is 0 Å². The smallest absolute Gasteiger partial charge is 0.306 e. The molecule has 0 amide bonds. The Balaban J connectivity index is 3.76. The maximum absolute atomic E-state index is 12.2. The molecule has 0 bridgehead atoms. The quantitative estimate of drug-likeness (QED) is 0.0421. The molecule has 1 atom stereocenters. The maximum Gasteiger partial charge on any atom is 0.306 e. The molecule has 1 N–H and O–H groups in total. The molecular formula is C47H70O4. The van der Waals surface area contributed by atoms with Crippen molar-refractivity contribution in [2.24, 2.45) is 0 Å². The summed E-state index contributed by atoms with van der Waals surface area (Å²) in [7, 11) is 0. The molecule has 0 aromatic heterocycles. The second-order valence-electron chi connectivity index (χ2n) is 11.9. The molecule has 0 spiro atoms. The molecule has 0 rings (SSSR count). The highest BCUT2D eigenvalue weighted by Crippen LogP contribution is 2.04. The fraction of sp³-hybridized carbons (Fsp3) is 0.468. The lowest BCUT2D eigenvalue weighted by Crippen LogP contribution is -2.27. The van der Waals surface area contributed by atoms with E-state index in [9.17, 15) is 9.90 Å². The number of hydrogen-bond acceptors (Lipinski definition) is 4. The van der Waals surface area contributed by atoms with E-state index in [0.29, 0.717) is 13.0 Å². The van der Waals surface area contributed by atoms with Gasteiger partial charge in [-0.2, -0.15) is 0 Å². The lowest BCUT2D eigenvalue weighted by molar-refractivity contribution is -0.154. The minimum Gasteiger partial charge on any atom is -0.457 e. The van der Waals surface area contributed by atoms with E-state index in [4.69, 9.17) is 9.47 Å². The zero-order valence-electron chi connectivity index (χ0n) is 32.0. The molecule has 4 heteroatoms. The van der Waals surface area contributed by atoms with Gasteiger partial charge in [0.05, 0.1) is 19.8 Å². The lowest BCUT2D eigenvalue weighted by atomic mass is 10.2. The summed E-state index contributed by atoms with van der Waals surface area (Å²) in [6.07, 6.45) is 66.3. The summed E-state index contributed by atoms with van der Waals surface area (Å²) in [5.74, 6) is -0.291. The molecule has 0 aromatic rings. The standard InChI is InChI=1S/C47H70O4/c1-3-5-7-9-11-13-15-17-19-21-22-23-24-25-26-27-28-30-32-34-36-38-40-42-47(49)51-46(44-48)45-50-43-41-39-37-35-33-31-29-20-18-16-14-12-10-8-6-4-2/h5-8,11-14,17-20,22-23,25-26,28,30-31,33-34,36-37,39,46,48H,3-4,9-10,15-16,21,24,27,29,32,35,38,40-45H2,1-2H3/b7-5-,8-6-,13-11-,14-12-,19-17-,20-18-,23-22-,26-25-,30-28-,33-31-,36-34-,39-37-. The number of rotatable bonds is 33. The van der Waals surface area contributed by atoms with Crippen molar-refractivity contribution < 1.29 is 19.4 Å². The molecule has 0 saturated carbocycles. The summed E-state index contributed by atoms with van der Waals surface area (Å²) < 4.78 is 11.0. The van der Waals surface area contributed by atoms with Crippen LogP contribution >= 0.6 is 0 Å². The van der Waals surface area contributed by atoms with E-state index in [1.54, 1.807) is 0 Å². The van der Waals surface area contributed by atoms with Crippen LogP contribution in [0.4, 0.5) is 0 Å². The van der Waals surface area contributed by atoms with Crippen molar-refractivity contribution >= 4 is 5.97 Å². The summed E-state index contributed by atoms with van der Waals surface area (Å²) >= 11 is 0. The zero-order chi connectivity index (χ0) is 37.0. The predicted molar refractivity (Wildman–Crippen MR) is 223 cm³/mol. The second kappa shape index (κ2) is 42.4. The van der Waals surface area contributed by atoms with Crippen LogP contribution in [0.2, 0.25) is 0 Å². The van der Waals surface area contributed by atoms with Crippen molar-refractivity contribution in [1.29, 1.82) is 0 Å². The topological polar surface area (TPSA) is 55.8 Å². The molecule has 0 fully saturated rings. The summed E-state index contributed by atoms with van der Waals surface area (Å²) in [4.78, 5) is 12.2. The van der Waals surface area contributed by atoms with Crippen molar-refractivity contribution in [3.8, 4) is 0 Å². The Kier molecular flexibility index (Phi) is 39.3. The van der Waals surface area contributed by atoms with Crippen LogP contribution in [0.1, 0.15) is 117 Å². The first-order valence-electron chi connectivity index (χ1n) is 19.4. The highest BCUT2D eigenvalue weighted by molar-refractivity contribution is 5.69. The number of unbranched alkanes of at least 4 members (excludes halogenated alkanes) is 1. The molecule has 0 aliphatic heterocycles. The zero-order valence-corrected chi connectivity index (χ0v) is 32.0. The first kappa shape index (κ1) is 47.3. The highest BCUT2D eigenvalue weighted by atomic mass is 16.6. The van der Waals surface area contributed by atoms with E-state index in [1.165, 1.54) is 0 Å². The van der Waals surface area contributed by atoms with Crippen molar-refractivity contribution in [3.63, 3.8) is 0 Å². The Morgan fingerprint density at radius 1 is 0.471 bits per heavy atom. The minimum atomic E-state index is -0.616. The van der Waals surface area contributed by atoms with E-state index in [-0.39, 0.29) is 19.2 Å².